The van der Waals surface area contributed by atoms with Gasteiger partial charge in [-0.2, -0.15) is 4.91 Å². The number of nitroso groups, excluding NO2 is 1. The van der Waals surface area contributed by atoms with Crippen molar-refractivity contribution >= 4 is 5.91 Å². The van der Waals surface area contributed by atoms with E-state index >= 15 is 0 Å². The first kappa shape index (κ1) is 19.9. The van der Waals surface area contributed by atoms with E-state index in [1.165, 1.54) is 6.92 Å². The number of ether oxygens (including phenoxy) is 1. The Kier molecular flexibility index (Phi) is 7.99. The van der Waals surface area contributed by atoms with Gasteiger partial charge in [0.2, 0.25) is 5.91 Å². The van der Waals surface area contributed by atoms with E-state index in [1.807, 2.05) is 34.6 Å². The number of aliphatic hydroxyl groups is 2. The number of carbonyl (C=O) groups excluding carboxylic acids is 1. The topological polar surface area (TPSA) is 108 Å². The lowest BCUT2D eigenvalue weighted by Gasteiger charge is -2.47. The second-order valence-corrected chi connectivity index (χ2v) is 5.96. The van der Waals surface area contributed by atoms with Crippen LogP contribution < -0.4 is 5.32 Å². The lowest BCUT2D eigenvalue weighted by molar-refractivity contribution is -0.183. The zero-order valence-electron chi connectivity index (χ0n) is 13.7. The van der Waals surface area contributed by atoms with Crippen LogP contribution in [0.4, 0.5) is 0 Å². The van der Waals surface area contributed by atoms with E-state index in [4.69, 9.17) is 4.74 Å². The summed E-state index contributed by atoms with van der Waals surface area (Å²) in [5.41, 5.74) is -0.385. The summed E-state index contributed by atoms with van der Waals surface area (Å²) in [6.45, 7) is 10.6. The van der Waals surface area contributed by atoms with Crippen molar-refractivity contribution in [2.75, 3.05) is 6.61 Å². The number of hydrogen-bond acceptors (Lipinski definition) is 6. The Morgan fingerprint density at radius 2 is 1.86 bits per heavy atom. The maximum atomic E-state index is 11.3. The molecule has 21 heavy (non-hydrogen) atoms. The molecule has 1 saturated heterocycles. The van der Waals surface area contributed by atoms with Crippen molar-refractivity contribution in [3.63, 3.8) is 0 Å². The van der Waals surface area contributed by atoms with Crippen LogP contribution in [0.25, 0.3) is 0 Å². The van der Waals surface area contributed by atoms with Gasteiger partial charge in [-0.1, -0.05) is 39.8 Å². The third-order valence-electron chi connectivity index (χ3n) is 3.27. The summed E-state index contributed by atoms with van der Waals surface area (Å²) >= 11 is 0. The van der Waals surface area contributed by atoms with Crippen LogP contribution >= 0.6 is 0 Å². The molecule has 0 radical (unpaired) electrons. The van der Waals surface area contributed by atoms with E-state index in [0.29, 0.717) is 0 Å². The Hall–Kier alpha value is -1.05. The highest BCUT2D eigenvalue weighted by Gasteiger charge is 2.50. The van der Waals surface area contributed by atoms with E-state index in [-0.39, 0.29) is 11.3 Å². The second-order valence-electron chi connectivity index (χ2n) is 5.96. The number of carbonyl (C=O) groups is 1. The third-order valence-corrected chi connectivity index (χ3v) is 3.27. The quantitative estimate of drug-likeness (QED) is 0.669. The van der Waals surface area contributed by atoms with Crippen molar-refractivity contribution < 1.29 is 19.7 Å². The molecular weight excluding hydrogens is 276 g/mol. The SMILES string of the molecule is CC.CC(=O)NC1C(N=O)C(O)C(CO)OC1C(C)(C)C. The number of nitrogens with zero attached hydrogens (tertiary/aromatic N) is 1. The van der Waals surface area contributed by atoms with Crippen LogP contribution in [0.1, 0.15) is 41.5 Å². The number of hydrogen-bond donors (Lipinski definition) is 3. The highest BCUT2D eigenvalue weighted by molar-refractivity contribution is 5.73. The minimum absolute atomic E-state index is 0.328. The van der Waals surface area contributed by atoms with E-state index in [1.54, 1.807) is 0 Å². The van der Waals surface area contributed by atoms with E-state index in [9.17, 15) is 19.9 Å². The minimum atomic E-state index is -1.24. The zero-order valence-corrected chi connectivity index (χ0v) is 13.7. The molecule has 5 unspecified atom stereocenters. The number of rotatable bonds is 3. The van der Waals surface area contributed by atoms with Gasteiger partial charge in [0.1, 0.15) is 18.2 Å². The van der Waals surface area contributed by atoms with Crippen molar-refractivity contribution in [3.05, 3.63) is 4.91 Å². The molecule has 0 aromatic carbocycles. The molecule has 0 spiro atoms. The maximum absolute atomic E-state index is 11.3. The van der Waals surface area contributed by atoms with Crippen molar-refractivity contribution in [2.24, 2.45) is 10.6 Å². The molecule has 1 aliphatic rings. The fourth-order valence-corrected chi connectivity index (χ4v) is 2.38. The smallest absolute Gasteiger partial charge is 0.217 e. The summed E-state index contributed by atoms with van der Waals surface area (Å²) in [5.74, 6) is -0.328. The molecule has 7 nitrogen and oxygen atoms in total. The number of amides is 1. The number of aliphatic hydroxyl groups excluding tert-OH is 2. The summed E-state index contributed by atoms with van der Waals surface area (Å²) in [7, 11) is 0. The fourth-order valence-electron chi connectivity index (χ4n) is 2.38. The van der Waals surface area contributed by atoms with Gasteiger partial charge in [0, 0.05) is 6.92 Å². The summed E-state index contributed by atoms with van der Waals surface area (Å²) in [6, 6.07) is -1.76. The molecule has 0 saturated carbocycles. The van der Waals surface area contributed by atoms with E-state index < -0.39 is 37.0 Å². The Labute approximate surface area is 126 Å². The summed E-state index contributed by atoms with van der Waals surface area (Å²) < 4.78 is 5.64. The fraction of sp³-hybridized carbons (Fsp3) is 0.929. The van der Waals surface area contributed by atoms with Crippen LogP contribution in [0.5, 0.6) is 0 Å². The Morgan fingerprint density at radius 3 is 2.19 bits per heavy atom. The second kappa shape index (κ2) is 8.41. The molecule has 0 aromatic heterocycles. The van der Waals surface area contributed by atoms with Crippen LogP contribution in [0, 0.1) is 10.3 Å². The van der Waals surface area contributed by atoms with E-state index in [0.717, 1.165) is 0 Å². The average molecular weight is 304 g/mol. The van der Waals surface area contributed by atoms with Crippen LogP contribution in [0.3, 0.4) is 0 Å². The van der Waals surface area contributed by atoms with Crippen molar-refractivity contribution in [3.8, 4) is 0 Å². The molecule has 124 valence electrons. The Balaban J connectivity index is 0.00000191. The molecular formula is C14H28N2O5. The minimum Gasteiger partial charge on any atom is -0.394 e. The molecule has 1 fully saturated rings. The van der Waals surface area contributed by atoms with Gasteiger partial charge >= 0.3 is 0 Å². The van der Waals surface area contributed by atoms with E-state index in [2.05, 4.69) is 10.5 Å². The third kappa shape index (κ3) is 5.01. The lowest BCUT2D eigenvalue weighted by Crippen LogP contribution is -2.66. The number of nitrogens with one attached hydrogen (secondary N) is 1. The standard InChI is InChI=1S/C12H22N2O5.C2H6/c1-6(16)13-9-8(14-18)10(17)7(5-15)19-11(9)12(2,3)4;1-2/h7-11,15,17H,5H2,1-4H3,(H,13,16);1-2H3. The van der Waals surface area contributed by atoms with Crippen molar-refractivity contribution in [1.29, 1.82) is 0 Å². The molecule has 0 aliphatic carbocycles. The summed E-state index contributed by atoms with van der Waals surface area (Å²) in [5, 5.41) is 24.7. The van der Waals surface area contributed by atoms with Crippen LogP contribution in [0.15, 0.2) is 5.18 Å². The highest BCUT2D eigenvalue weighted by Crippen LogP contribution is 2.34. The van der Waals surface area contributed by atoms with Gasteiger partial charge < -0.3 is 20.3 Å². The molecule has 1 rings (SSSR count). The summed E-state index contributed by atoms with van der Waals surface area (Å²) in [6.07, 6.45) is -2.64. The van der Waals surface area contributed by atoms with Gasteiger partial charge in [0.25, 0.3) is 0 Å². The van der Waals surface area contributed by atoms with Crippen LogP contribution in [-0.2, 0) is 9.53 Å². The van der Waals surface area contributed by atoms with Gasteiger partial charge in [-0.3, -0.25) is 4.79 Å². The molecule has 0 bridgehead atoms. The largest absolute Gasteiger partial charge is 0.394 e. The first-order valence-corrected chi connectivity index (χ1v) is 7.26. The lowest BCUT2D eigenvalue weighted by atomic mass is 9.78. The van der Waals surface area contributed by atoms with Crippen molar-refractivity contribution in [2.45, 2.75) is 71.9 Å². The maximum Gasteiger partial charge on any atom is 0.217 e. The first-order chi connectivity index (χ1) is 9.72. The summed E-state index contributed by atoms with van der Waals surface area (Å²) in [4.78, 5) is 22.3. The molecule has 1 aliphatic heterocycles. The van der Waals surface area contributed by atoms with Crippen LogP contribution in [0.2, 0.25) is 0 Å². The van der Waals surface area contributed by atoms with Crippen molar-refractivity contribution in [1.82, 2.24) is 5.32 Å². The molecule has 3 N–H and O–H groups in total. The van der Waals surface area contributed by atoms with Gasteiger partial charge in [0.05, 0.1) is 18.8 Å². The van der Waals surface area contributed by atoms with Gasteiger partial charge in [-0.25, -0.2) is 0 Å². The molecule has 1 heterocycles. The predicted octanol–water partition coefficient (Wildman–Crippen LogP) is 0.819. The van der Waals surface area contributed by atoms with Gasteiger partial charge in [-0.05, 0) is 5.41 Å². The molecule has 1 amide bonds. The monoisotopic (exact) mass is 304 g/mol. The van der Waals surface area contributed by atoms with Gasteiger partial charge in [0.15, 0.2) is 0 Å². The average Bonchev–Trinajstić information content (AvgIpc) is 2.39. The zero-order chi connectivity index (χ0) is 16.8. The molecule has 7 heteroatoms. The van der Waals surface area contributed by atoms with Crippen LogP contribution in [-0.4, -0.2) is 53.1 Å². The normalized spacial score (nSPS) is 32.7. The Bertz CT molecular complexity index is 343. The predicted molar refractivity (Wildman–Crippen MR) is 79.7 cm³/mol. The first-order valence-electron chi connectivity index (χ1n) is 7.26. The molecule has 5 atom stereocenters. The highest BCUT2D eigenvalue weighted by atomic mass is 16.5. The molecule has 0 aromatic rings. The van der Waals surface area contributed by atoms with Gasteiger partial charge in [-0.15, -0.1) is 0 Å². The Morgan fingerprint density at radius 1 is 1.33 bits per heavy atom.